The summed E-state index contributed by atoms with van der Waals surface area (Å²) in [4.78, 5) is 2.58. The highest BCUT2D eigenvalue weighted by molar-refractivity contribution is 5.75. The van der Waals surface area contributed by atoms with Gasteiger partial charge in [-0.15, -0.1) is 0 Å². The smallest absolute Gasteiger partial charge is 0.0449 e. The minimum Gasteiger partial charge on any atom is -0.338 e. The van der Waals surface area contributed by atoms with Gasteiger partial charge in [0.25, 0.3) is 0 Å². The van der Waals surface area contributed by atoms with Gasteiger partial charge >= 0.3 is 0 Å². The molecule has 2 aromatic rings. The molecule has 0 spiro atoms. The molecule has 1 saturated carbocycles. The van der Waals surface area contributed by atoms with Gasteiger partial charge < -0.3 is 10.6 Å². The maximum atomic E-state index is 6.39. The molecule has 1 aliphatic carbocycles. The maximum absolute atomic E-state index is 6.39. The fourth-order valence-corrected chi connectivity index (χ4v) is 4.22. The van der Waals surface area contributed by atoms with Gasteiger partial charge in [0.15, 0.2) is 0 Å². The van der Waals surface area contributed by atoms with Crippen LogP contribution in [0.25, 0.3) is 0 Å². The monoisotopic (exact) mass is 292 g/mol. The van der Waals surface area contributed by atoms with Gasteiger partial charge in [-0.2, -0.15) is 0 Å². The van der Waals surface area contributed by atoms with Crippen LogP contribution in [-0.4, -0.2) is 12.1 Å². The zero-order valence-electron chi connectivity index (χ0n) is 13.2. The minimum absolute atomic E-state index is 0.319. The van der Waals surface area contributed by atoms with Gasteiger partial charge in [-0.1, -0.05) is 43.3 Å². The molecule has 1 fully saturated rings. The van der Waals surface area contributed by atoms with Gasteiger partial charge in [0, 0.05) is 29.9 Å². The first kappa shape index (κ1) is 13.8. The predicted molar refractivity (Wildman–Crippen MR) is 92.6 cm³/mol. The van der Waals surface area contributed by atoms with E-state index in [2.05, 4.69) is 60.4 Å². The molecular weight excluding hydrogens is 268 g/mol. The Morgan fingerprint density at radius 2 is 1.50 bits per heavy atom. The lowest BCUT2D eigenvalue weighted by atomic mass is 9.79. The molecule has 2 nitrogen and oxygen atoms in total. The first-order valence-corrected chi connectivity index (χ1v) is 8.46. The molecule has 0 saturated heterocycles. The van der Waals surface area contributed by atoms with Crippen molar-refractivity contribution < 1.29 is 0 Å². The van der Waals surface area contributed by atoms with Crippen molar-refractivity contribution in [2.45, 2.75) is 44.7 Å². The highest BCUT2D eigenvalue weighted by Crippen LogP contribution is 2.43. The van der Waals surface area contributed by atoms with Crippen LogP contribution >= 0.6 is 0 Å². The van der Waals surface area contributed by atoms with E-state index in [1.165, 1.54) is 35.3 Å². The normalized spacial score (nSPS) is 27.2. The Labute approximate surface area is 132 Å². The summed E-state index contributed by atoms with van der Waals surface area (Å²) in [7, 11) is 0. The van der Waals surface area contributed by atoms with Crippen LogP contribution in [0.1, 0.15) is 37.3 Å². The van der Waals surface area contributed by atoms with Crippen LogP contribution in [0.4, 0.5) is 11.4 Å². The van der Waals surface area contributed by atoms with E-state index in [1.807, 2.05) is 0 Å². The molecule has 3 unspecified atom stereocenters. The molecule has 1 heterocycles. The molecule has 0 aromatic heterocycles. The Kier molecular flexibility index (Phi) is 3.42. The second-order valence-electron chi connectivity index (χ2n) is 6.83. The molecule has 4 rings (SSSR count). The molecule has 1 aliphatic heterocycles. The second kappa shape index (κ2) is 5.44. The highest BCUT2D eigenvalue weighted by Gasteiger charge is 2.35. The topological polar surface area (TPSA) is 29.3 Å². The van der Waals surface area contributed by atoms with Crippen LogP contribution in [0.15, 0.2) is 48.5 Å². The Hall–Kier alpha value is -1.80. The number of para-hydroxylation sites is 2. The van der Waals surface area contributed by atoms with Crippen molar-refractivity contribution >= 4 is 11.4 Å². The summed E-state index contributed by atoms with van der Waals surface area (Å²) in [5.41, 5.74) is 12.0. The molecule has 2 aromatic carbocycles. The first-order valence-electron chi connectivity index (χ1n) is 8.46. The maximum Gasteiger partial charge on any atom is 0.0449 e. The van der Waals surface area contributed by atoms with Crippen molar-refractivity contribution in [3.8, 4) is 0 Å². The third-order valence-electron chi connectivity index (χ3n) is 5.53. The van der Waals surface area contributed by atoms with E-state index < -0.39 is 0 Å². The Morgan fingerprint density at radius 1 is 0.909 bits per heavy atom. The summed E-state index contributed by atoms with van der Waals surface area (Å²) in [5.74, 6) is 0.521. The van der Waals surface area contributed by atoms with Crippen LogP contribution in [0.2, 0.25) is 0 Å². The van der Waals surface area contributed by atoms with E-state index in [-0.39, 0.29) is 0 Å². The van der Waals surface area contributed by atoms with Gasteiger partial charge in [-0.25, -0.2) is 0 Å². The molecular formula is C20H24N2. The van der Waals surface area contributed by atoms with Crippen LogP contribution in [0.3, 0.4) is 0 Å². The second-order valence-corrected chi connectivity index (χ2v) is 6.83. The molecule has 0 bridgehead atoms. The van der Waals surface area contributed by atoms with E-state index >= 15 is 0 Å². The first-order chi connectivity index (χ1) is 10.8. The van der Waals surface area contributed by atoms with Crippen LogP contribution in [0.5, 0.6) is 0 Å². The molecule has 2 heteroatoms. The molecule has 3 atom stereocenters. The van der Waals surface area contributed by atoms with Crippen molar-refractivity contribution in [3.05, 3.63) is 59.7 Å². The van der Waals surface area contributed by atoms with Gasteiger partial charge in [-0.05, 0) is 48.4 Å². The molecule has 22 heavy (non-hydrogen) atoms. The van der Waals surface area contributed by atoms with Crippen molar-refractivity contribution in [3.63, 3.8) is 0 Å². The molecule has 114 valence electrons. The molecule has 2 aliphatic rings. The number of anilines is 2. The quantitative estimate of drug-likeness (QED) is 0.851. The standard InChI is InChI=1S/C20H24N2/c1-14-17(21)9-6-12-18(14)22-19-10-4-2-7-15(19)13-16-8-3-5-11-20(16)22/h2-5,7-8,10-11,14,17-18H,6,9,12-13,21H2,1H3. The fraction of sp³-hybridized carbons (Fsp3) is 0.400. The van der Waals surface area contributed by atoms with Gasteiger partial charge in [0.1, 0.15) is 0 Å². The lowest BCUT2D eigenvalue weighted by Gasteiger charge is -2.45. The summed E-state index contributed by atoms with van der Waals surface area (Å²) in [6.45, 7) is 2.33. The summed E-state index contributed by atoms with van der Waals surface area (Å²) >= 11 is 0. The average Bonchev–Trinajstić information content (AvgIpc) is 2.55. The number of hydrogen-bond acceptors (Lipinski definition) is 2. The van der Waals surface area contributed by atoms with Crippen LogP contribution in [0, 0.1) is 5.92 Å². The SMILES string of the molecule is CC1C(N)CCCC1N1c2ccccc2Cc2ccccc21. The third kappa shape index (κ3) is 2.14. The number of nitrogens with zero attached hydrogens (tertiary/aromatic N) is 1. The molecule has 2 N–H and O–H groups in total. The summed E-state index contributed by atoms with van der Waals surface area (Å²) in [6, 6.07) is 18.5. The molecule has 0 amide bonds. The van der Waals surface area contributed by atoms with Crippen molar-refractivity contribution in [1.82, 2.24) is 0 Å². The van der Waals surface area contributed by atoms with Crippen molar-refractivity contribution in [2.75, 3.05) is 4.90 Å². The summed E-state index contributed by atoms with van der Waals surface area (Å²) in [5, 5.41) is 0. The zero-order chi connectivity index (χ0) is 15.1. The van der Waals surface area contributed by atoms with Crippen LogP contribution in [-0.2, 0) is 6.42 Å². The molecule has 0 radical (unpaired) electrons. The zero-order valence-corrected chi connectivity index (χ0v) is 13.2. The number of fused-ring (bicyclic) bond motifs is 2. The number of rotatable bonds is 1. The predicted octanol–water partition coefficient (Wildman–Crippen LogP) is 4.24. The van der Waals surface area contributed by atoms with Gasteiger partial charge in [0.2, 0.25) is 0 Å². The largest absolute Gasteiger partial charge is 0.338 e. The number of nitrogens with two attached hydrogens (primary N) is 1. The summed E-state index contributed by atoms with van der Waals surface area (Å²) in [6.07, 6.45) is 4.67. The Morgan fingerprint density at radius 3 is 2.14 bits per heavy atom. The van der Waals surface area contributed by atoms with E-state index in [4.69, 9.17) is 5.73 Å². The van der Waals surface area contributed by atoms with Crippen LogP contribution < -0.4 is 10.6 Å². The van der Waals surface area contributed by atoms with Gasteiger partial charge in [-0.3, -0.25) is 0 Å². The van der Waals surface area contributed by atoms with Crippen molar-refractivity contribution in [2.24, 2.45) is 11.7 Å². The van der Waals surface area contributed by atoms with E-state index in [0.29, 0.717) is 18.0 Å². The average molecular weight is 292 g/mol. The minimum atomic E-state index is 0.319. The number of hydrogen-bond donors (Lipinski definition) is 1. The Bertz CT molecular complexity index is 633. The van der Waals surface area contributed by atoms with E-state index in [9.17, 15) is 0 Å². The highest BCUT2D eigenvalue weighted by atomic mass is 15.2. The lowest BCUT2D eigenvalue weighted by Crippen LogP contribution is -2.48. The van der Waals surface area contributed by atoms with E-state index in [0.717, 1.165) is 12.8 Å². The Balaban J connectivity index is 1.84. The van der Waals surface area contributed by atoms with E-state index in [1.54, 1.807) is 0 Å². The number of benzene rings is 2. The van der Waals surface area contributed by atoms with Crippen molar-refractivity contribution in [1.29, 1.82) is 0 Å². The lowest BCUT2D eigenvalue weighted by molar-refractivity contribution is 0.284. The summed E-state index contributed by atoms with van der Waals surface area (Å²) < 4.78 is 0. The van der Waals surface area contributed by atoms with Gasteiger partial charge in [0.05, 0.1) is 0 Å². The third-order valence-corrected chi connectivity index (χ3v) is 5.53. The fourth-order valence-electron chi connectivity index (χ4n) is 4.22.